The number of fused-ring (bicyclic) bond motifs is 6. The molecule has 0 aromatic heterocycles. The Balaban J connectivity index is 1.30. The average Bonchev–Trinajstić information content (AvgIpc) is 3.48. The Morgan fingerprint density at radius 3 is 1.70 bits per heavy atom. The first-order valence-corrected chi connectivity index (χ1v) is 15.1. The van der Waals surface area contributed by atoms with Gasteiger partial charge in [0.2, 0.25) is 0 Å². The molecule has 1 aliphatic carbocycles. The lowest BCUT2D eigenvalue weighted by Crippen LogP contribution is -2.56. The highest BCUT2D eigenvalue weighted by atomic mass is 19.3. The van der Waals surface area contributed by atoms with Crippen LogP contribution in [0.2, 0.25) is 0 Å². The molecule has 8 rings (SSSR count). The van der Waals surface area contributed by atoms with Gasteiger partial charge in [0.15, 0.2) is 5.60 Å². The van der Waals surface area contributed by atoms with E-state index in [4.69, 9.17) is 9.57 Å². The van der Waals surface area contributed by atoms with Gasteiger partial charge >= 0.3 is 11.9 Å². The van der Waals surface area contributed by atoms with Gasteiger partial charge in [0, 0.05) is 46.3 Å². The van der Waals surface area contributed by atoms with E-state index < -0.39 is 72.8 Å². The minimum atomic E-state index is -2.82. The fourth-order valence-electron chi connectivity index (χ4n) is 7.37. The molecule has 242 valence electrons. The van der Waals surface area contributed by atoms with Crippen LogP contribution in [0, 0.1) is 0 Å². The maximum atomic E-state index is 13.9. The number of halogens is 4. The van der Waals surface area contributed by atoms with E-state index in [1.807, 2.05) is 13.8 Å². The SMILES string of the molecule is CC1(C)c2cc(N3CC(F)(F)C3)ccc2C2(OC(=O)c3ccc(C(=O)ON4C(=O)CCC4=O)cc32)c2ccc(N3CC(F)(F)C3)cc21. The van der Waals surface area contributed by atoms with Gasteiger partial charge in [0.05, 0.1) is 37.3 Å². The maximum Gasteiger partial charge on any atom is 0.363 e. The summed E-state index contributed by atoms with van der Waals surface area (Å²) in [5.41, 5.74) is 1.45. The second-order valence-electron chi connectivity index (χ2n) is 13.3. The third-order valence-electron chi connectivity index (χ3n) is 9.81. The number of alkyl halides is 4. The van der Waals surface area contributed by atoms with E-state index in [9.17, 15) is 36.7 Å². The van der Waals surface area contributed by atoms with Crippen molar-refractivity contribution < 1.29 is 46.3 Å². The van der Waals surface area contributed by atoms with Gasteiger partial charge in [0.25, 0.3) is 23.7 Å². The highest BCUT2D eigenvalue weighted by molar-refractivity contribution is 6.03. The molecule has 13 heteroatoms. The normalized spacial score (nSPS) is 22.3. The minimum absolute atomic E-state index is 0.0549. The second kappa shape index (κ2) is 9.33. The molecule has 2 amide bonds. The van der Waals surface area contributed by atoms with Crippen LogP contribution in [0.25, 0.3) is 0 Å². The number of imide groups is 1. The first-order valence-electron chi connectivity index (χ1n) is 15.1. The van der Waals surface area contributed by atoms with E-state index in [2.05, 4.69) is 0 Å². The number of carbonyl (C=O) groups excluding carboxylic acids is 4. The molecule has 1 spiro atoms. The number of carbonyl (C=O) groups is 4. The predicted molar refractivity (Wildman–Crippen MR) is 158 cm³/mol. The zero-order chi connectivity index (χ0) is 33.3. The molecular weight excluding hydrogens is 622 g/mol. The summed E-state index contributed by atoms with van der Waals surface area (Å²) in [5.74, 6) is -8.61. The second-order valence-corrected chi connectivity index (χ2v) is 13.3. The smallest absolute Gasteiger partial charge is 0.363 e. The Kier molecular flexibility index (Phi) is 5.85. The summed E-state index contributed by atoms with van der Waals surface area (Å²) in [6.07, 6.45) is -0.168. The van der Waals surface area contributed by atoms with E-state index in [1.165, 1.54) is 18.2 Å². The summed E-state index contributed by atoms with van der Waals surface area (Å²) in [5, 5.41) is 0.433. The topological polar surface area (TPSA) is 96.5 Å². The van der Waals surface area contributed by atoms with E-state index in [1.54, 1.807) is 46.2 Å². The molecule has 5 aliphatic rings. The maximum absolute atomic E-state index is 13.9. The van der Waals surface area contributed by atoms with Crippen LogP contribution >= 0.6 is 0 Å². The molecular formula is C34H27F4N3O6. The molecule has 4 heterocycles. The van der Waals surface area contributed by atoms with Crippen LogP contribution in [0.4, 0.5) is 28.9 Å². The molecule has 9 nitrogen and oxygen atoms in total. The van der Waals surface area contributed by atoms with Crippen molar-refractivity contribution in [1.29, 1.82) is 0 Å². The molecule has 0 atom stereocenters. The Labute approximate surface area is 265 Å². The van der Waals surface area contributed by atoms with Crippen molar-refractivity contribution in [1.82, 2.24) is 5.06 Å². The molecule has 3 fully saturated rings. The van der Waals surface area contributed by atoms with Crippen molar-refractivity contribution in [2.75, 3.05) is 36.0 Å². The molecule has 3 saturated heterocycles. The van der Waals surface area contributed by atoms with Gasteiger partial charge in [0.1, 0.15) is 0 Å². The number of anilines is 2. The van der Waals surface area contributed by atoms with Crippen LogP contribution in [-0.2, 0) is 30.2 Å². The number of hydroxylamine groups is 2. The van der Waals surface area contributed by atoms with Crippen LogP contribution in [0.15, 0.2) is 54.6 Å². The highest BCUT2D eigenvalue weighted by Gasteiger charge is 2.57. The lowest BCUT2D eigenvalue weighted by atomic mass is 9.61. The molecule has 47 heavy (non-hydrogen) atoms. The molecule has 0 N–H and O–H groups in total. The number of amides is 2. The van der Waals surface area contributed by atoms with Gasteiger partial charge in [-0.3, -0.25) is 9.59 Å². The van der Waals surface area contributed by atoms with Crippen molar-refractivity contribution in [3.8, 4) is 0 Å². The molecule has 0 saturated carbocycles. The van der Waals surface area contributed by atoms with E-state index in [0.717, 1.165) is 0 Å². The largest absolute Gasteiger partial charge is 0.441 e. The lowest BCUT2D eigenvalue weighted by molar-refractivity contribution is -0.172. The third-order valence-corrected chi connectivity index (χ3v) is 9.81. The van der Waals surface area contributed by atoms with Gasteiger partial charge in [-0.2, -0.15) is 0 Å². The summed E-state index contributed by atoms with van der Waals surface area (Å²) in [6.45, 7) is 2.05. The monoisotopic (exact) mass is 649 g/mol. The van der Waals surface area contributed by atoms with Gasteiger partial charge in [-0.05, 0) is 53.6 Å². The summed E-state index contributed by atoms with van der Waals surface area (Å²) in [4.78, 5) is 59.2. The molecule has 4 aliphatic heterocycles. The predicted octanol–water partition coefficient (Wildman–Crippen LogP) is 4.92. The van der Waals surface area contributed by atoms with E-state index >= 15 is 0 Å². The van der Waals surface area contributed by atoms with Crippen LogP contribution in [-0.4, -0.2) is 66.8 Å². The Morgan fingerprint density at radius 2 is 1.21 bits per heavy atom. The van der Waals surface area contributed by atoms with Gasteiger partial charge in [-0.25, -0.2) is 27.2 Å². The van der Waals surface area contributed by atoms with Crippen molar-refractivity contribution >= 4 is 35.1 Å². The van der Waals surface area contributed by atoms with E-state index in [-0.39, 0.29) is 24.0 Å². The zero-order valence-electron chi connectivity index (χ0n) is 25.2. The van der Waals surface area contributed by atoms with Gasteiger partial charge < -0.3 is 19.4 Å². The summed E-state index contributed by atoms with van der Waals surface area (Å²) >= 11 is 0. The summed E-state index contributed by atoms with van der Waals surface area (Å²) in [6, 6.07) is 14.6. The molecule has 0 radical (unpaired) electrons. The fourth-order valence-corrected chi connectivity index (χ4v) is 7.37. The molecule has 3 aromatic carbocycles. The number of benzene rings is 3. The number of esters is 1. The Bertz CT molecular complexity index is 1850. The lowest BCUT2D eigenvalue weighted by Gasteiger charge is -2.47. The first kappa shape index (κ1) is 29.5. The van der Waals surface area contributed by atoms with Crippen molar-refractivity contribution in [3.63, 3.8) is 0 Å². The summed E-state index contributed by atoms with van der Waals surface area (Å²) in [7, 11) is 0. The van der Waals surface area contributed by atoms with Crippen LogP contribution in [0.1, 0.15) is 75.2 Å². The van der Waals surface area contributed by atoms with Crippen LogP contribution in [0.3, 0.4) is 0 Å². The number of hydrogen-bond donors (Lipinski definition) is 0. The number of ether oxygens (including phenoxy) is 1. The standard InChI is InChI=1S/C34H27F4N3O6/c1-31(2)25-12-19(39-14-32(35,36)15-39)4-7-22(25)34(23-8-5-20(13-26(23)31)40-16-33(37,38)17-40)24-11-18(3-6-21(24)30(45)46-34)29(44)47-41-27(42)9-10-28(41)43/h3-8,11-13H,9-10,14-17H2,1-2H3. The highest BCUT2D eigenvalue weighted by Crippen LogP contribution is 2.58. The van der Waals surface area contributed by atoms with Gasteiger partial charge in [-0.1, -0.05) is 26.0 Å². The van der Waals surface area contributed by atoms with Crippen molar-refractivity contribution in [2.45, 2.75) is 49.6 Å². The van der Waals surface area contributed by atoms with Crippen molar-refractivity contribution in [3.05, 3.63) is 93.5 Å². The average molecular weight is 650 g/mol. The first-order chi connectivity index (χ1) is 22.1. The third kappa shape index (κ3) is 4.20. The molecule has 0 unspecified atom stereocenters. The molecule has 0 bridgehead atoms. The minimum Gasteiger partial charge on any atom is -0.441 e. The van der Waals surface area contributed by atoms with Crippen LogP contribution in [0.5, 0.6) is 0 Å². The van der Waals surface area contributed by atoms with Crippen molar-refractivity contribution in [2.24, 2.45) is 0 Å². The number of nitrogens with zero attached hydrogens (tertiary/aromatic N) is 3. The zero-order valence-corrected chi connectivity index (χ0v) is 25.2. The number of hydrogen-bond acceptors (Lipinski definition) is 8. The quantitative estimate of drug-likeness (QED) is 0.224. The summed E-state index contributed by atoms with van der Waals surface area (Å²) < 4.78 is 61.7. The van der Waals surface area contributed by atoms with Gasteiger partial charge in [-0.15, -0.1) is 5.06 Å². The van der Waals surface area contributed by atoms with Crippen LogP contribution < -0.4 is 9.80 Å². The number of rotatable bonds is 4. The van der Waals surface area contributed by atoms with E-state index in [0.29, 0.717) is 44.3 Å². The fraction of sp³-hybridized carbons (Fsp3) is 0.353. The molecule has 3 aromatic rings. The Hall–Kier alpha value is -4.94. The Morgan fingerprint density at radius 1 is 0.702 bits per heavy atom.